The maximum Gasteiger partial charge on any atom is 0.250 e. The Labute approximate surface area is 194 Å². The van der Waals surface area contributed by atoms with E-state index < -0.39 is 0 Å². The number of aromatic nitrogens is 1. The third-order valence-electron chi connectivity index (χ3n) is 7.70. The number of amides is 2. The maximum absolute atomic E-state index is 12.9. The number of hydrogen-bond acceptors (Lipinski definition) is 4. The molecule has 2 fully saturated rings. The molecule has 5 rings (SSSR count). The fourth-order valence-corrected chi connectivity index (χ4v) is 6.09. The van der Waals surface area contributed by atoms with Crippen molar-refractivity contribution in [2.75, 3.05) is 13.1 Å². The molecule has 4 atom stereocenters. The summed E-state index contributed by atoms with van der Waals surface area (Å²) in [6.07, 6.45) is 8.41. The number of likely N-dealkylation sites (tertiary alicyclic amines) is 1. The van der Waals surface area contributed by atoms with Crippen molar-refractivity contribution in [2.45, 2.75) is 69.9 Å². The Kier molecular flexibility index (Phi) is 6.38. The van der Waals surface area contributed by atoms with Crippen molar-refractivity contribution in [1.29, 1.82) is 0 Å². The lowest BCUT2D eigenvalue weighted by Crippen LogP contribution is -2.49. The van der Waals surface area contributed by atoms with Crippen LogP contribution in [0.2, 0.25) is 0 Å². The molecule has 0 radical (unpaired) electrons. The SMILES string of the molecule is O=C(CCC(=O)N1C[C@@H]2C[C@@H](C1)c1cccc(=O)n1C2)N[C@H]1CCCC[C@H]1Cc1ccco1. The third-order valence-corrected chi connectivity index (χ3v) is 7.70. The largest absolute Gasteiger partial charge is 0.469 e. The zero-order valence-corrected chi connectivity index (χ0v) is 19.1. The Hall–Kier alpha value is -2.83. The van der Waals surface area contributed by atoms with Crippen molar-refractivity contribution in [3.63, 3.8) is 0 Å². The molecule has 2 amide bonds. The predicted molar refractivity (Wildman–Crippen MR) is 124 cm³/mol. The molecule has 33 heavy (non-hydrogen) atoms. The number of carbonyl (C=O) groups excluding carboxylic acids is 2. The molecule has 7 heteroatoms. The minimum atomic E-state index is -0.0335. The lowest BCUT2D eigenvalue weighted by Gasteiger charge is -2.42. The van der Waals surface area contributed by atoms with Crippen molar-refractivity contribution in [3.8, 4) is 0 Å². The lowest BCUT2D eigenvalue weighted by molar-refractivity contribution is -0.136. The maximum atomic E-state index is 12.9. The second-order valence-electron chi connectivity index (χ2n) is 10.00. The van der Waals surface area contributed by atoms with E-state index in [1.165, 1.54) is 6.42 Å². The number of pyridine rings is 1. The van der Waals surface area contributed by atoms with Crippen LogP contribution in [0.25, 0.3) is 0 Å². The number of hydrogen-bond donors (Lipinski definition) is 1. The van der Waals surface area contributed by atoms with E-state index in [0.29, 0.717) is 31.5 Å². The highest BCUT2D eigenvalue weighted by molar-refractivity contribution is 5.84. The van der Waals surface area contributed by atoms with Crippen LogP contribution in [-0.4, -0.2) is 40.4 Å². The van der Waals surface area contributed by atoms with Gasteiger partial charge in [0.1, 0.15) is 5.76 Å². The first kappa shape index (κ1) is 22.0. The normalized spacial score (nSPS) is 26.5. The highest BCUT2D eigenvalue weighted by Crippen LogP contribution is 2.35. The summed E-state index contributed by atoms with van der Waals surface area (Å²) in [6.45, 7) is 1.98. The average molecular weight is 452 g/mol. The van der Waals surface area contributed by atoms with Crippen LogP contribution in [0.15, 0.2) is 45.8 Å². The molecule has 1 saturated heterocycles. The van der Waals surface area contributed by atoms with E-state index in [-0.39, 0.29) is 42.2 Å². The van der Waals surface area contributed by atoms with Gasteiger partial charge in [0.25, 0.3) is 5.56 Å². The van der Waals surface area contributed by atoms with Crippen molar-refractivity contribution in [3.05, 3.63) is 58.4 Å². The highest BCUT2D eigenvalue weighted by atomic mass is 16.3. The van der Waals surface area contributed by atoms with Gasteiger partial charge in [-0.25, -0.2) is 0 Å². The summed E-state index contributed by atoms with van der Waals surface area (Å²) >= 11 is 0. The van der Waals surface area contributed by atoms with Gasteiger partial charge in [-0.3, -0.25) is 14.4 Å². The molecule has 1 aliphatic carbocycles. The smallest absolute Gasteiger partial charge is 0.250 e. The van der Waals surface area contributed by atoms with E-state index in [4.69, 9.17) is 4.42 Å². The third kappa shape index (κ3) is 4.92. The Morgan fingerprint density at radius 1 is 1.03 bits per heavy atom. The standard InChI is InChI=1S/C26H33N3O4/c30-24(27-22-7-2-1-5-19(22)14-21-6-4-12-33-21)10-11-25(31)28-15-18-13-20(17-28)23-8-3-9-26(32)29(23)16-18/h3-4,6,8-9,12,18-20,22H,1-2,5,7,10-11,13-17H2,(H,27,30)/t18-,19-,20-,22-/m0/s1. The van der Waals surface area contributed by atoms with Gasteiger partial charge in [0.05, 0.1) is 6.26 Å². The van der Waals surface area contributed by atoms with Crippen LogP contribution < -0.4 is 10.9 Å². The number of nitrogens with zero attached hydrogens (tertiary/aromatic N) is 2. The number of furan rings is 1. The van der Waals surface area contributed by atoms with Gasteiger partial charge < -0.3 is 19.2 Å². The number of nitrogens with one attached hydrogen (secondary N) is 1. The minimum absolute atomic E-state index is 0.0335. The molecule has 0 aromatic carbocycles. The molecule has 1 N–H and O–H groups in total. The van der Waals surface area contributed by atoms with Crippen LogP contribution in [0.3, 0.4) is 0 Å². The van der Waals surface area contributed by atoms with Crippen LogP contribution in [-0.2, 0) is 22.6 Å². The predicted octanol–water partition coefficient (Wildman–Crippen LogP) is 3.08. The molecule has 3 aliphatic rings. The molecule has 2 aromatic rings. The van der Waals surface area contributed by atoms with Gasteiger partial charge in [0.2, 0.25) is 11.8 Å². The fraction of sp³-hybridized carbons (Fsp3) is 0.577. The zero-order chi connectivity index (χ0) is 22.8. The van der Waals surface area contributed by atoms with Crippen molar-refractivity contribution < 1.29 is 14.0 Å². The highest BCUT2D eigenvalue weighted by Gasteiger charge is 2.36. The van der Waals surface area contributed by atoms with Crippen molar-refractivity contribution in [2.24, 2.45) is 11.8 Å². The zero-order valence-electron chi connectivity index (χ0n) is 19.1. The van der Waals surface area contributed by atoms with Gasteiger partial charge in [-0.2, -0.15) is 0 Å². The summed E-state index contributed by atoms with van der Waals surface area (Å²) in [4.78, 5) is 39.8. The topological polar surface area (TPSA) is 84.5 Å². The first-order valence-electron chi connectivity index (χ1n) is 12.4. The van der Waals surface area contributed by atoms with Gasteiger partial charge in [-0.05, 0) is 49.3 Å². The van der Waals surface area contributed by atoms with Crippen LogP contribution in [0, 0.1) is 11.8 Å². The minimum Gasteiger partial charge on any atom is -0.469 e. The average Bonchev–Trinajstić information content (AvgIpc) is 3.32. The second kappa shape index (κ2) is 9.57. The fourth-order valence-electron chi connectivity index (χ4n) is 6.09. The van der Waals surface area contributed by atoms with E-state index in [1.807, 2.05) is 33.7 Å². The van der Waals surface area contributed by atoms with Crippen LogP contribution in [0.5, 0.6) is 0 Å². The summed E-state index contributed by atoms with van der Waals surface area (Å²) in [6, 6.07) is 9.47. The van der Waals surface area contributed by atoms with E-state index >= 15 is 0 Å². The van der Waals surface area contributed by atoms with E-state index in [2.05, 4.69) is 5.32 Å². The molecule has 0 spiro atoms. The van der Waals surface area contributed by atoms with Gasteiger partial charge in [-0.15, -0.1) is 0 Å². The second-order valence-corrected chi connectivity index (χ2v) is 10.00. The molecule has 7 nitrogen and oxygen atoms in total. The van der Waals surface area contributed by atoms with Gasteiger partial charge in [-0.1, -0.05) is 18.9 Å². The lowest BCUT2D eigenvalue weighted by atomic mass is 9.81. The number of fused-ring (bicyclic) bond motifs is 4. The van der Waals surface area contributed by atoms with E-state index in [1.54, 1.807) is 12.3 Å². The van der Waals surface area contributed by atoms with Crippen molar-refractivity contribution >= 4 is 11.8 Å². The Bertz CT molecular complexity index is 1040. The number of carbonyl (C=O) groups is 2. The van der Waals surface area contributed by atoms with Gasteiger partial charge >= 0.3 is 0 Å². The quantitative estimate of drug-likeness (QED) is 0.732. The molecular formula is C26H33N3O4. The molecule has 2 aromatic heterocycles. The number of rotatable bonds is 6. The molecule has 176 valence electrons. The Balaban J connectivity index is 1.13. The van der Waals surface area contributed by atoms with Crippen LogP contribution in [0.4, 0.5) is 0 Å². The van der Waals surface area contributed by atoms with Crippen molar-refractivity contribution in [1.82, 2.24) is 14.8 Å². The summed E-state index contributed by atoms with van der Waals surface area (Å²) < 4.78 is 7.39. The first-order chi connectivity index (χ1) is 16.1. The molecular weight excluding hydrogens is 418 g/mol. The van der Waals surface area contributed by atoms with Crippen LogP contribution >= 0.6 is 0 Å². The summed E-state index contributed by atoms with van der Waals surface area (Å²) in [5.41, 5.74) is 1.08. The van der Waals surface area contributed by atoms with Gasteiger partial charge in [0, 0.05) is 62.6 Å². The Morgan fingerprint density at radius 2 is 1.91 bits per heavy atom. The van der Waals surface area contributed by atoms with E-state index in [0.717, 1.165) is 43.6 Å². The Morgan fingerprint density at radius 3 is 2.76 bits per heavy atom. The van der Waals surface area contributed by atoms with Crippen LogP contribution in [0.1, 0.15) is 62.3 Å². The summed E-state index contributed by atoms with van der Waals surface area (Å²) in [7, 11) is 0. The molecule has 4 heterocycles. The van der Waals surface area contributed by atoms with Gasteiger partial charge in [0.15, 0.2) is 0 Å². The molecule has 2 bridgehead atoms. The number of piperidine rings is 1. The summed E-state index contributed by atoms with van der Waals surface area (Å²) in [5, 5.41) is 3.21. The monoisotopic (exact) mass is 451 g/mol. The molecule has 1 saturated carbocycles. The molecule has 2 aliphatic heterocycles. The summed E-state index contributed by atoms with van der Waals surface area (Å²) in [5.74, 6) is 1.87. The van der Waals surface area contributed by atoms with E-state index in [9.17, 15) is 14.4 Å². The molecule has 0 unspecified atom stereocenters. The first-order valence-corrected chi connectivity index (χ1v) is 12.4.